The fourth-order valence-corrected chi connectivity index (χ4v) is 3.86. The van der Waals surface area contributed by atoms with E-state index in [1.807, 2.05) is 12.1 Å². The summed E-state index contributed by atoms with van der Waals surface area (Å²) in [7, 11) is 0. The van der Waals surface area contributed by atoms with Crippen molar-refractivity contribution in [2.45, 2.75) is 31.8 Å². The number of halogens is 1. The maximum absolute atomic E-state index is 11.2. The lowest BCUT2D eigenvalue weighted by atomic mass is 9.98. The van der Waals surface area contributed by atoms with Crippen molar-refractivity contribution < 1.29 is 4.92 Å². The number of rotatable bonds is 3. The summed E-state index contributed by atoms with van der Waals surface area (Å²) < 4.78 is 0. The molecule has 21 heavy (non-hydrogen) atoms. The first-order chi connectivity index (χ1) is 9.58. The average Bonchev–Trinajstić information content (AvgIpc) is 3.00. The Morgan fingerprint density at radius 3 is 2.71 bits per heavy atom. The van der Waals surface area contributed by atoms with Gasteiger partial charge in [-0.2, -0.15) is 0 Å². The molecule has 1 aromatic carbocycles. The van der Waals surface area contributed by atoms with E-state index in [1.54, 1.807) is 12.1 Å². The number of benzene rings is 1. The highest BCUT2D eigenvalue weighted by Crippen LogP contribution is 2.41. The van der Waals surface area contributed by atoms with Crippen LogP contribution in [0.2, 0.25) is 0 Å². The molecule has 1 aliphatic heterocycles. The fourth-order valence-electron chi connectivity index (χ4n) is 3.86. The Balaban J connectivity index is 0.00000161. The molecule has 1 heterocycles. The van der Waals surface area contributed by atoms with E-state index in [-0.39, 0.29) is 29.1 Å². The van der Waals surface area contributed by atoms with Gasteiger partial charge in [0.05, 0.1) is 4.92 Å². The predicted octanol–water partition coefficient (Wildman–Crippen LogP) is 2.75. The van der Waals surface area contributed by atoms with Crippen molar-refractivity contribution in [3.63, 3.8) is 0 Å². The molecule has 1 aromatic rings. The Bertz CT molecular complexity index is 525. The van der Waals surface area contributed by atoms with E-state index in [4.69, 9.17) is 5.73 Å². The third-order valence-electron chi connectivity index (χ3n) is 5.07. The lowest BCUT2D eigenvalue weighted by Gasteiger charge is -2.25. The van der Waals surface area contributed by atoms with Crippen LogP contribution < -0.4 is 5.73 Å². The number of hydrogen-bond acceptors (Lipinski definition) is 4. The molecule has 5 nitrogen and oxygen atoms in total. The Hall–Kier alpha value is -1.17. The molecule has 1 saturated heterocycles. The van der Waals surface area contributed by atoms with E-state index in [9.17, 15) is 10.1 Å². The second kappa shape index (κ2) is 6.30. The van der Waals surface area contributed by atoms with Gasteiger partial charge in [0.15, 0.2) is 0 Å². The molecule has 0 aromatic heterocycles. The van der Waals surface area contributed by atoms with Crippen LogP contribution in [0.15, 0.2) is 24.3 Å². The van der Waals surface area contributed by atoms with Crippen molar-refractivity contribution >= 4 is 18.1 Å². The summed E-state index contributed by atoms with van der Waals surface area (Å²) in [6.07, 6.45) is 2.33. The van der Waals surface area contributed by atoms with Crippen LogP contribution in [0.25, 0.3) is 0 Å². The molecule has 3 rings (SSSR count). The van der Waals surface area contributed by atoms with Gasteiger partial charge in [0, 0.05) is 36.8 Å². The summed E-state index contributed by atoms with van der Waals surface area (Å²) >= 11 is 0. The summed E-state index contributed by atoms with van der Waals surface area (Å²) in [5.74, 6) is 1.25. The molecule has 1 aliphatic carbocycles. The van der Waals surface area contributed by atoms with Crippen LogP contribution in [-0.4, -0.2) is 29.0 Å². The van der Waals surface area contributed by atoms with Gasteiger partial charge in [-0.15, -0.1) is 12.4 Å². The summed E-state index contributed by atoms with van der Waals surface area (Å²) in [5.41, 5.74) is 7.20. The molecule has 0 bridgehead atoms. The molecule has 0 radical (unpaired) electrons. The molecule has 6 heteroatoms. The van der Waals surface area contributed by atoms with Crippen molar-refractivity contribution in [2.75, 3.05) is 13.1 Å². The Morgan fingerprint density at radius 1 is 1.33 bits per heavy atom. The number of nitrogens with zero attached hydrogens (tertiary/aromatic N) is 2. The topological polar surface area (TPSA) is 72.4 Å². The largest absolute Gasteiger partial charge is 0.327 e. The van der Waals surface area contributed by atoms with E-state index in [0.29, 0.717) is 17.9 Å². The number of nitro benzene ring substituents is 1. The minimum absolute atomic E-state index is 0. The van der Waals surface area contributed by atoms with Gasteiger partial charge in [0.25, 0.3) is 5.69 Å². The van der Waals surface area contributed by atoms with E-state index in [1.165, 1.54) is 6.42 Å². The smallest absolute Gasteiger partial charge is 0.274 e. The minimum atomic E-state index is -0.283. The third-order valence-corrected chi connectivity index (χ3v) is 5.07. The number of hydrogen-bond donors (Lipinski definition) is 1. The van der Waals surface area contributed by atoms with E-state index >= 15 is 0 Å². The lowest BCUT2D eigenvalue weighted by molar-refractivity contribution is -0.386. The number of nitro groups is 1. The molecule has 1 saturated carbocycles. The monoisotopic (exact) mass is 311 g/mol. The number of likely N-dealkylation sites (tertiary alicyclic amines) is 1. The zero-order valence-electron chi connectivity index (χ0n) is 12.1. The first-order valence-electron chi connectivity index (χ1n) is 7.31. The molecule has 4 atom stereocenters. The van der Waals surface area contributed by atoms with Crippen LogP contribution in [0.1, 0.15) is 31.4 Å². The maximum atomic E-state index is 11.2. The standard InChI is InChI=1S/C15H21N3O2.ClH/c1-10(12-4-2-3-5-15(12)18(19)20)17-8-11-6-7-14(16)13(11)9-17;/h2-5,10-11,13-14H,6-9,16H2,1H3;1H. The summed E-state index contributed by atoms with van der Waals surface area (Å²) in [6, 6.07) is 7.45. The summed E-state index contributed by atoms with van der Waals surface area (Å²) in [4.78, 5) is 13.2. The van der Waals surface area contributed by atoms with Crippen molar-refractivity contribution in [1.82, 2.24) is 4.90 Å². The molecule has 2 aliphatic rings. The number of nitrogens with two attached hydrogens (primary N) is 1. The van der Waals surface area contributed by atoms with E-state index in [2.05, 4.69) is 11.8 Å². The van der Waals surface area contributed by atoms with Gasteiger partial charge in [-0.25, -0.2) is 0 Å². The van der Waals surface area contributed by atoms with E-state index < -0.39 is 0 Å². The van der Waals surface area contributed by atoms with Crippen LogP contribution in [0.3, 0.4) is 0 Å². The molecule has 116 valence electrons. The molecule has 2 fully saturated rings. The second-order valence-electron chi connectivity index (χ2n) is 6.11. The Morgan fingerprint density at radius 2 is 2.05 bits per heavy atom. The third kappa shape index (κ3) is 2.91. The molecular formula is C15H22ClN3O2. The van der Waals surface area contributed by atoms with Crippen LogP contribution >= 0.6 is 12.4 Å². The quantitative estimate of drug-likeness (QED) is 0.688. The van der Waals surface area contributed by atoms with Gasteiger partial charge >= 0.3 is 0 Å². The van der Waals surface area contributed by atoms with Gasteiger partial charge < -0.3 is 5.73 Å². The average molecular weight is 312 g/mol. The first kappa shape index (κ1) is 16.2. The van der Waals surface area contributed by atoms with Crippen LogP contribution in [-0.2, 0) is 0 Å². The summed E-state index contributed by atoms with van der Waals surface area (Å²) in [6.45, 7) is 4.06. The van der Waals surface area contributed by atoms with Crippen LogP contribution in [0.4, 0.5) is 5.69 Å². The normalized spacial score (nSPS) is 29.7. The lowest BCUT2D eigenvalue weighted by Crippen LogP contribution is -2.31. The van der Waals surface area contributed by atoms with Gasteiger partial charge in [-0.3, -0.25) is 15.0 Å². The van der Waals surface area contributed by atoms with Gasteiger partial charge in [-0.1, -0.05) is 18.2 Å². The minimum Gasteiger partial charge on any atom is -0.327 e. The highest BCUT2D eigenvalue weighted by atomic mass is 35.5. The first-order valence-corrected chi connectivity index (χ1v) is 7.31. The van der Waals surface area contributed by atoms with Crippen LogP contribution in [0.5, 0.6) is 0 Å². The fraction of sp³-hybridized carbons (Fsp3) is 0.600. The summed E-state index contributed by atoms with van der Waals surface area (Å²) in [5, 5.41) is 11.2. The zero-order chi connectivity index (χ0) is 14.3. The molecule has 0 spiro atoms. The maximum Gasteiger partial charge on any atom is 0.274 e. The van der Waals surface area contributed by atoms with Crippen molar-refractivity contribution in [3.8, 4) is 0 Å². The molecule has 0 amide bonds. The van der Waals surface area contributed by atoms with Gasteiger partial charge in [-0.05, 0) is 31.6 Å². The van der Waals surface area contributed by atoms with Crippen LogP contribution in [0, 0.1) is 22.0 Å². The molecular weight excluding hydrogens is 290 g/mol. The van der Waals surface area contributed by atoms with Crippen molar-refractivity contribution in [1.29, 1.82) is 0 Å². The Kier molecular flexibility index (Phi) is 4.86. The zero-order valence-corrected chi connectivity index (χ0v) is 13.0. The van der Waals surface area contributed by atoms with E-state index in [0.717, 1.165) is 25.1 Å². The molecule has 4 unspecified atom stereocenters. The van der Waals surface area contributed by atoms with Gasteiger partial charge in [0.2, 0.25) is 0 Å². The number of para-hydroxylation sites is 1. The van der Waals surface area contributed by atoms with Crippen molar-refractivity contribution in [3.05, 3.63) is 39.9 Å². The number of fused-ring (bicyclic) bond motifs is 1. The SMILES string of the molecule is CC(c1ccccc1[N+](=O)[O-])N1CC2CCC(N)C2C1.Cl. The Labute approximate surface area is 131 Å². The highest BCUT2D eigenvalue weighted by molar-refractivity contribution is 5.85. The predicted molar refractivity (Wildman–Crippen MR) is 84.5 cm³/mol. The highest BCUT2D eigenvalue weighted by Gasteiger charge is 2.42. The van der Waals surface area contributed by atoms with Gasteiger partial charge in [0.1, 0.15) is 0 Å². The van der Waals surface area contributed by atoms with Crippen molar-refractivity contribution in [2.24, 2.45) is 17.6 Å². The second-order valence-corrected chi connectivity index (χ2v) is 6.11. The molecule has 2 N–H and O–H groups in total.